The molecule has 0 bridgehead atoms. The molecule has 88 valence electrons. The predicted molar refractivity (Wildman–Crippen MR) is 67.5 cm³/mol. The molecule has 1 atom stereocenters. The Kier molecular flexibility index (Phi) is 3.67. The molecule has 0 radical (unpaired) electrons. The van der Waals surface area contributed by atoms with Crippen LogP contribution in [0.2, 0.25) is 0 Å². The number of benzene rings is 1. The fourth-order valence-corrected chi connectivity index (χ4v) is 2.85. The van der Waals surface area contributed by atoms with Gasteiger partial charge < -0.3 is 9.84 Å². The first-order valence-corrected chi connectivity index (χ1v) is 6.37. The van der Waals surface area contributed by atoms with E-state index in [4.69, 9.17) is 4.74 Å². The lowest BCUT2D eigenvalue weighted by molar-refractivity contribution is -0.110. The maximum atomic E-state index is 9.53. The second kappa shape index (κ2) is 4.86. The number of aliphatic hydroxyl groups excluding tert-OH is 1. The van der Waals surface area contributed by atoms with E-state index in [1.165, 1.54) is 5.56 Å². The Balaban J connectivity index is 2.13. The zero-order valence-electron chi connectivity index (χ0n) is 9.45. The Hall–Kier alpha value is -0.380. The average Bonchev–Trinajstić information content (AvgIpc) is 2.25. The molecule has 1 aromatic rings. The van der Waals surface area contributed by atoms with E-state index in [2.05, 4.69) is 28.9 Å². The van der Waals surface area contributed by atoms with Crippen LogP contribution in [0.4, 0.5) is 0 Å². The first kappa shape index (κ1) is 12.1. The highest BCUT2D eigenvalue weighted by molar-refractivity contribution is 9.10. The Morgan fingerprint density at radius 2 is 2.12 bits per heavy atom. The Morgan fingerprint density at radius 3 is 2.62 bits per heavy atom. The van der Waals surface area contributed by atoms with Crippen molar-refractivity contribution in [2.45, 2.75) is 19.3 Å². The topological polar surface area (TPSA) is 29.5 Å². The highest BCUT2D eigenvalue weighted by atomic mass is 79.9. The van der Waals surface area contributed by atoms with E-state index in [-0.39, 0.29) is 17.9 Å². The summed E-state index contributed by atoms with van der Waals surface area (Å²) in [7, 11) is 0. The molecule has 1 fully saturated rings. The molecule has 0 saturated carbocycles. The van der Waals surface area contributed by atoms with Gasteiger partial charge >= 0.3 is 0 Å². The van der Waals surface area contributed by atoms with Crippen molar-refractivity contribution in [1.29, 1.82) is 0 Å². The normalized spacial score (nSPS) is 20.2. The van der Waals surface area contributed by atoms with E-state index in [0.29, 0.717) is 0 Å². The van der Waals surface area contributed by atoms with Crippen LogP contribution in [-0.2, 0) is 4.74 Å². The van der Waals surface area contributed by atoms with Crippen molar-refractivity contribution in [3.63, 3.8) is 0 Å². The first-order valence-electron chi connectivity index (χ1n) is 5.58. The summed E-state index contributed by atoms with van der Waals surface area (Å²) in [6, 6.07) is 8.12. The summed E-state index contributed by atoms with van der Waals surface area (Å²) in [4.78, 5) is 0. The molecule has 1 heterocycles. The molecule has 2 rings (SSSR count). The minimum atomic E-state index is 0.193. The van der Waals surface area contributed by atoms with E-state index in [9.17, 15) is 5.11 Å². The molecule has 0 aromatic heterocycles. The van der Waals surface area contributed by atoms with Gasteiger partial charge in [-0.2, -0.15) is 0 Å². The first-order chi connectivity index (χ1) is 7.64. The third-order valence-corrected chi connectivity index (χ3v) is 3.93. The summed E-state index contributed by atoms with van der Waals surface area (Å²) in [5, 5.41) is 9.53. The molecule has 16 heavy (non-hydrogen) atoms. The van der Waals surface area contributed by atoms with Crippen LogP contribution in [0.25, 0.3) is 0 Å². The molecule has 0 aliphatic carbocycles. The fraction of sp³-hybridized carbons (Fsp3) is 0.538. The number of halogens is 1. The number of hydrogen-bond donors (Lipinski definition) is 1. The van der Waals surface area contributed by atoms with Gasteiger partial charge in [-0.05, 0) is 18.1 Å². The lowest BCUT2D eigenvalue weighted by atomic mass is 9.77. The quantitative estimate of drug-likeness (QED) is 0.921. The van der Waals surface area contributed by atoms with Crippen LogP contribution < -0.4 is 0 Å². The van der Waals surface area contributed by atoms with Crippen molar-refractivity contribution < 1.29 is 9.84 Å². The van der Waals surface area contributed by atoms with Crippen molar-refractivity contribution in [2.75, 3.05) is 19.8 Å². The molecule has 3 heteroatoms. The third-order valence-electron chi connectivity index (χ3n) is 3.21. The van der Waals surface area contributed by atoms with Gasteiger partial charge in [0.2, 0.25) is 0 Å². The molecule has 1 unspecified atom stereocenters. The highest BCUT2D eigenvalue weighted by Gasteiger charge is 2.36. The van der Waals surface area contributed by atoms with Gasteiger partial charge in [-0.1, -0.05) is 41.1 Å². The van der Waals surface area contributed by atoms with Crippen LogP contribution in [0.3, 0.4) is 0 Å². The van der Waals surface area contributed by atoms with E-state index < -0.39 is 0 Å². The van der Waals surface area contributed by atoms with Gasteiger partial charge in [0.1, 0.15) is 0 Å². The van der Waals surface area contributed by atoms with Crippen LogP contribution in [0.15, 0.2) is 28.7 Å². The van der Waals surface area contributed by atoms with Crippen LogP contribution >= 0.6 is 15.9 Å². The van der Waals surface area contributed by atoms with Crippen molar-refractivity contribution in [2.24, 2.45) is 5.41 Å². The monoisotopic (exact) mass is 284 g/mol. The molecule has 0 spiro atoms. The van der Waals surface area contributed by atoms with E-state index in [1.54, 1.807) is 0 Å². The summed E-state index contributed by atoms with van der Waals surface area (Å²) in [6.45, 7) is 4.04. The van der Waals surface area contributed by atoms with E-state index >= 15 is 0 Å². The average molecular weight is 285 g/mol. The zero-order valence-corrected chi connectivity index (χ0v) is 11.0. The van der Waals surface area contributed by atoms with E-state index in [1.807, 2.05) is 18.2 Å². The highest BCUT2D eigenvalue weighted by Crippen LogP contribution is 2.39. The fourth-order valence-electron chi connectivity index (χ4n) is 2.24. The largest absolute Gasteiger partial charge is 0.396 e. The molecule has 0 amide bonds. The number of hydrogen-bond acceptors (Lipinski definition) is 2. The lowest BCUT2D eigenvalue weighted by Crippen LogP contribution is -2.41. The minimum absolute atomic E-state index is 0.193. The number of aliphatic hydroxyl groups is 1. The molecular formula is C13H17BrO2. The summed E-state index contributed by atoms with van der Waals surface area (Å²) in [6.07, 6.45) is 0.978. The summed E-state index contributed by atoms with van der Waals surface area (Å²) >= 11 is 3.54. The van der Waals surface area contributed by atoms with Crippen LogP contribution in [0, 0.1) is 5.41 Å². The Labute approximate surface area is 105 Å². The maximum Gasteiger partial charge on any atom is 0.0542 e. The molecule has 2 nitrogen and oxygen atoms in total. The zero-order chi connectivity index (χ0) is 11.6. The van der Waals surface area contributed by atoms with Crippen LogP contribution in [0.1, 0.15) is 24.8 Å². The third kappa shape index (κ3) is 2.47. The SMILES string of the molecule is CC1(CC(CO)c2ccccc2Br)COC1. The second-order valence-electron chi connectivity index (χ2n) is 4.91. The summed E-state index contributed by atoms with van der Waals surface area (Å²) in [5.41, 5.74) is 1.43. The Morgan fingerprint density at radius 1 is 1.44 bits per heavy atom. The molecule has 1 saturated heterocycles. The van der Waals surface area contributed by atoms with Crippen LogP contribution in [0.5, 0.6) is 0 Å². The summed E-state index contributed by atoms with van der Waals surface area (Å²) < 4.78 is 6.34. The second-order valence-corrected chi connectivity index (χ2v) is 5.76. The van der Waals surface area contributed by atoms with Crippen molar-refractivity contribution in [1.82, 2.24) is 0 Å². The smallest absolute Gasteiger partial charge is 0.0542 e. The van der Waals surface area contributed by atoms with Gasteiger partial charge in [0.15, 0.2) is 0 Å². The van der Waals surface area contributed by atoms with Crippen LogP contribution in [-0.4, -0.2) is 24.9 Å². The molecule has 1 aliphatic heterocycles. The van der Waals surface area contributed by atoms with Gasteiger partial charge in [-0.3, -0.25) is 0 Å². The molecular weight excluding hydrogens is 268 g/mol. The van der Waals surface area contributed by atoms with Crippen molar-refractivity contribution >= 4 is 15.9 Å². The van der Waals surface area contributed by atoms with Gasteiger partial charge in [0, 0.05) is 22.4 Å². The minimum Gasteiger partial charge on any atom is -0.396 e. The van der Waals surface area contributed by atoms with Crippen molar-refractivity contribution in [3.8, 4) is 0 Å². The lowest BCUT2D eigenvalue weighted by Gasteiger charge is -2.40. The van der Waals surface area contributed by atoms with Gasteiger partial charge in [0.25, 0.3) is 0 Å². The molecule has 1 aromatic carbocycles. The maximum absolute atomic E-state index is 9.53. The molecule has 1 aliphatic rings. The Bertz CT molecular complexity index is 361. The van der Waals surface area contributed by atoms with Crippen molar-refractivity contribution in [3.05, 3.63) is 34.3 Å². The van der Waals surface area contributed by atoms with Gasteiger partial charge in [-0.25, -0.2) is 0 Å². The molecule has 1 N–H and O–H groups in total. The van der Waals surface area contributed by atoms with Gasteiger partial charge in [0.05, 0.1) is 13.2 Å². The number of ether oxygens (including phenoxy) is 1. The van der Waals surface area contributed by atoms with E-state index in [0.717, 1.165) is 24.1 Å². The number of rotatable bonds is 4. The summed E-state index contributed by atoms with van der Waals surface area (Å²) in [5.74, 6) is 0.199. The van der Waals surface area contributed by atoms with Gasteiger partial charge in [-0.15, -0.1) is 0 Å². The predicted octanol–water partition coefficient (Wildman–Crippen LogP) is 2.95. The standard InChI is InChI=1S/C13H17BrO2/c1-13(8-16-9-13)6-10(7-15)11-4-2-3-5-12(11)14/h2-5,10,15H,6-9H2,1H3.